The van der Waals surface area contributed by atoms with Crippen molar-refractivity contribution in [3.63, 3.8) is 0 Å². The molecule has 0 atom stereocenters. The highest BCUT2D eigenvalue weighted by molar-refractivity contribution is 5.91. The van der Waals surface area contributed by atoms with E-state index >= 15 is 0 Å². The quantitative estimate of drug-likeness (QED) is 0.219. The predicted molar refractivity (Wildman–Crippen MR) is 156 cm³/mol. The third kappa shape index (κ3) is 3.97. The van der Waals surface area contributed by atoms with Crippen molar-refractivity contribution in [2.45, 2.75) is 0 Å². The van der Waals surface area contributed by atoms with E-state index in [4.69, 9.17) is 5.73 Å². The maximum Gasteiger partial charge on any atom is 0.0465 e. The van der Waals surface area contributed by atoms with Gasteiger partial charge in [0.25, 0.3) is 0 Å². The second-order valence-electron chi connectivity index (χ2n) is 9.54. The van der Waals surface area contributed by atoms with E-state index in [0.717, 1.165) is 33.7 Å². The van der Waals surface area contributed by atoms with Crippen molar-refractivity contribution < 1.29 is 0 Å². The second-order valence-corrected chi connectivity index (χ2v) is 9.54. The van der Waals surface area contributed by atoms with E-state index in [9.17, 15) is 0 Å². The zero-order valence-corrected chi connectivity index (χ0v) is 20.2. The third-order valence-electron chi connectivity index (χ3n) is 7.10. The number of H-pyrrole nitrogens is 2. The van der Waals surface area contributed by atoms with Crippen LogP contribution in [-0.2, 0) is 0 Å². The van der Waals surface area contributed by atoms with Gasteiger partial charge < -0.3 is 15.7 Å². The number of aromatic amines is 2. The Morgan fingerprint density at radius 2 is 0.811 bits per heavy atom. The van der Waals surface area contributed by atoms with Crippen LogP contribution in [0, 0.1) is 0 Å². The third-order valence-corrected chi connectivity index (χ3v) is 7.10. The number of hydrogen-bond acceptors (Lipinski definition) is 1. The SMILES string of the molecule is Nc1ccc(-c2cc3ccc(-c4ccc(-c5ccc6cc(-c7ccccc7)[nH]c6c5)cc4)cc3[nH]2)cc1. The average molecular weight is 476 g/mol. The number of rotatable bonds is 4. The van der Waals surface area contributed by atoms with Crippen LogP contribution in [0.2, 0.25) is 0 Å². The first kappa shape index (κ1) is 21.3. The van der Waals surface area contributed by atoms with Gasteiger partial charge in [0, 0.05) is 38.9 Å². The van der Waals surface area contributed by atoms with Gasteiger partial charge in [0.15, 0.2) is 0 Å². The molecule has 0 bridgehead atoms. The molecular weight excluding hydrogens is 450 g/mol. The summed E-state index contributed by atoms with van der Waals surface area (Å²) in [6.07, 6.45) is 0. The van der Waals surface area contributed by atoms with E-state index in [1.807, 2.05) is 30.3 Å². The molecule has 0 aliphatic carbocycles. The minimum absolute atomic E-state index is 0.773. The summed E-state index contributed by atoms with van der Waals surface area (Å²) in [5, 5.41) is 2.41. The molecule has 2 aromatic heterocycles. The van der Waals surface area contributed by atoms with E-state index in [2.05, 4.69) is 107 Å². The number of nitrogens with one attached hydrogen (secondary N) is 2. The van der Waals surface area contributed by atoms with Gasteiger partial charge in [0.2, 0.25) is 0 Å². The Hall–Kier alpha value is -5.02. The van der Waals surface area contributed by atoms with E-state index in [0.29, 0.717) is 0 Å². The first-order valence-corrected chi connectivity index (χ1v) is 12.5. The summed E-state index contributed by atoms with van der Waals surface area (Å²) < 4.78 is 0. The lowest BCUT2D eigenvalue weighted by Crippen LogP contribution is -1.83. The summed E-state index contributed by atoms with van der Waals surface area (Å²) in [6, 6.07) is 44.9. The van der Waals surface area contributed by atoms with Crippen molar-refractivity contribution in [2.75, 3.05) is 5.73 Å². The van der Waals surface area contributed by atoms with Gasteiger partial charge in [-0.05, 0) is 69.8 Å². The molecule has 5 aromatic carbocycles. The Morgan fingerprint density at radius 1 is 0.378 bits per heavy atom. The summed E-state index contributed by atoms with van der Waals surface area (Å²) in [5.41, 5.74) is 18.3. The van der Waals surface area contributed by atoms with Gasteiger partial charge in [-0.3, -0.25) is 0 Å². The maximum atomic E-state index is 5.85. The van der Waals surface area contributed by atoms with Crippen molar-refractivity contribution in [1.29, 1.82) is 0 Å². The summed E-state index contributed by atoms with van der Waals surface area (Å²) in [6.45, 7) is 0. The average Bonchev–Trinajstić information content (AvgIpc) is 3.58. The second kappa shape index (κ2) is 8.58. The molecule has 0 saturated heterocycles. The molecule has 176 valence electrons. The van der Waals surface area contributed by atoms with Crippen LogP contribution in [0.15, 0.2) is 127 Å². The maximum absolute atomic E-state index is 5.85. The van der Waals surface area contributed by atoms with Crippen molar-refractivity contribution in [2.24, 2.45) is 0 Å². The van der Waals surface area contributed by atoms with Gasteiger partial charge in [-0.2, -0.15) is 0 Å². The summed E-state index contributed by atoms with van der Waals surface area (Å²) in [4.78, 5) is 7.15. The molecule has 3 nitrogen and oxygen atoms in total. The van der Waals surface area contributed by atoms with Gasteiger partial charge in [-0.25, -0.2) is 0 Å². The number of nitrogens with two attached hydrogens (primary N) is 1. The minimum Gasteiger partial charge on any atom is -0.399 e. The van der Waals surface area contributed by atoms with E-state index in [-0.39, 0.29) is 0 Å². The van der Waals surface area contributed by atoms with Gasteiger partial charge in [-0.1, -0.05) is 91.0 Å². The number of fused-ring (bicyclic) bond motifs is 2. The van der Waals surface area contributed by atoms with Crippen LogP contribution in [0.1, 0.15) is 0 Å². The molecule has 0 aliphatic heterocycles. The molecule has 37 heavy (non-hydrogen) atoms. The first-order chi connectivity index (χ1) is 18.2. The fourth-order valence-electron chi connectivity index (χ4n) is 5.06. The molecule has 0 unspecified atom stereocenters. The fraction of sp³-hybridized carbons (Fsp3) is 0. The molecule has 0 aliphatic rings. The van der Waals surface area contributed by atoms with Crippen molar-refractivity contribution in [1.82, 2.24) is 9.97 Å². The van der Waals surface area contributed by atoms with Crippen LogP contribution in [0.4, 0.5) is 5.69 Å². The van der Waals surface area contributed by atoms with Crippen molar-refractivity contribution in [3.8, 4) is 44.8 Å². The molecule has 7 rings (SSSR count). The van der Waals surface area contributed by atoms with E-state index in [1.54, 1.807) is 0 Å². The van der Waals surface area contributed by atoms with E-state index < -0.39 is 0 Å². The number of benzene rings is 5. The van der Waals surface area contributed by atoms with Crippen LogP contribution in [0.3, 0.4) is 0 Å². The lowest BCUT2D eigenvalue weighted by molar-refractivity contribution is 1.45. The van der Waals surface area contributed by atoms with Gasteiger partial charge >= 0.3 is 0 Å². The highest BCUT2D eigenvalue weighted by atomic mass is 14.7. The highest BCUT2D eigenvalue weighted by Crippen LogP contribution is 2.32. The van der Waals surface area contributed by atoms with Crippen molar-refractivity contribution in [3.05, 3.63) is 127 Å². The number of aromatic nitrogens is 2. The lowest BCUT2D eigenvalue weighted by atomic mass is 9.99. The smallest absolute Gasteiger partial charge is 0.0465 e. The Kier molecular flexibility index (Phi) is 4.93. The van der Waals surface area contributed by atoms with Gasteiger partial charge in [0.1, 0.15) is 0 Å². The predicted octanol–water partition coefficient (Wildman–Crippen LogP) is 8.90. The molecule has 0 radical (unpaired) electrons. The van der Waals surface area contributed by atoms with Crippen LogP contribution in [-0.4, -0.2) is 9.97 Å². The highest BCUT2D eigenvalue weighted by Gasteiger charge is 2.08. The monoisotopic (exact) mass is 475 g/mol. The first-order valence-electron chi connectivity index (χ1n) is 12.5. The number of anilines is 1. The normalized spacial score (nSPS) is 11.4. The van der Waals surface area contributed by atoms with Gasteiger partial charge in [-0.15, -0.1) is 0 Å². The van der Waals surface area contributed by atoms with Crippen molar-refractivity contribution >= 4 is 27.5 Å². The van der Waals surface area contributed by atoms with Crippen LogP contribution in [0.5, 0.6) is 0 Å². The molecule has 3 heteroatoms. The molecule has 2 heterocycles. The molecule has 0 fully saturated rings. The molecule has 7 aromatic rings. The van der Waals surface area contributed by atoms with Crippen LogP contribution < -0.4 is 5.73 Å². The molecular formula is C34H25N3. The molecule has 0 amide bonds. The lowest BCUT2D eigenvalue weighted by Gasteiger charge is -2.06. The zero-order valence-electron chi connectivity index (χ0n) is 20.2. The Bertz CT molecular complexity index is 1860. The number of hydrogen-bond donors (Lipinski definition) is 3. The Balaban J connectivity index is 1.17. The number of nitrogen functional groups attached to an aromatic ring is 1. The van der Waals surface area contributed by atoms with Gasteiger partial charge in [0.05, 0.1) is 0 Å². The molecule has 0 saturated carbocycles. The largest absolute Gasteiger partial charge is 0.399 e. The Labute approximate surface area is 215 Å². The molecule has 0 spiro atoms. The van der Waals surface area contributed by atoms with Crippen LogP contribution in [0.25, 0.3) is 66.6 Å². The minimum atomic E-state index is 0.773. The van der Waals surface area contributed by atoms with Crippen LogP contribution >= 0.6 is 0 Å². The summed E-state index contributed by atoms with van der Waals surface area (Å²) in [5.74, 6) is 0. The topological polar surface area (TPSA) is 57.6 Å². The standard InChI is InChI=1S/C34H25N3/c35-30-16-14-25(15-17-30)32-21-29-13-11-27(19-34(29)37-32)23-8-6-22(7-9-23)26-10-12-28-20-31(36-33(28)18-26)24-4-2-1-3-5-24/h1-21,36-37H,35H2. The molecule has 4 N–H and O–H groups in total. The zero-order chi connectivity index (χ0) is 24.8. The Morgan fingerprint density at radius 3 is 1.32 bits per heavy atom. The fourth-order valence-corrected chi connectivity index (χ4v) is 5.06. The van der Waals surface area contributed by atoms with E-state index in [1.165, 1.54) is 38.6 Å². The summed E-state index contributed by atoms with van der Waals surface area (Å²) in [7, 11) is 0. The summed E-state index contributed by atoms with van der Waals surface area (Å²) >= 11 is 0.